The summed E-state index contributed by atoms with van der Waals surface area (Å²) in [5.74, 6) is -0.0631. The Morgan fingerprint density at radius 2 is 2.00 bits per heavy atom. The van der Waals surface area contributed by atoms with Crippen LogP contribution in [0, 0.1) is 17.3 Å². The average molecular weight is 430 g/mol. The number of carbonyl (C=O) groups excluding carboxylic acids is 1. The van der Waals surface area contributed by atoms with Crippen LogP contribution in [0.4, 0.5) is 5.13 Å². The molecule has 3 atom stereocenters. The van der Waals surface area contributed by atoms with Crippen molar-refractivity contribution in [2.75, 3.05) is 5.32 Å². The number of amides is 1. The summed E-state index contributed by atoms with van der Waals surface area (Å²) in [5.41, 5.74) is 0.738. The lowest BCUT2D eigenvalue weighted by Gasteiger charge is -2.02. The van der Waals surface area contributed by atoms with E-state index in [0.29, 0.717) is 15.2 Å². The van der Waals surface area contributed by atoms with Crippen LogP contribution in [-0.4, -0.2) is 20.3 Å². The largest absolute Gasteiger partial charge is 0.300 e. The molecule has 0 saturated heterocycles. The fraction of sp³-hybridized carbons (Fsp3) is 0.353. The lowest BCUT2D eigenvalue weighted by Crippen LogP contribution is -2.16. The van der Waals surface area contributed by atoms with Gasteiger partial charge in [0.05, 0.1) is 22.5 Å². The van der Waals surface area contributed by atoms with Gasteiger partial charge in [-0.3, -0.25) is 9.00 Å². The Labute approximate surface area is 168 Å². The minimum atomic E-state index is -1.30. The maximum absolute atomic E-state index is 12.5. The first kappa shape index (κ1) is 19.5. The third-order valence-electron chi connectivity index (χ3n) is 4.47. The van der Waals surface area contributed by atoms with Crippen LogP contribution in [0.5, 0.6) is 0 Å². The molecule has 0 spiro atoms. The van der Waals surface area contributed by atoms with Crippen LogP contribution >= 0.6 is 34.5 Å². The van der Waals surface area contributed by atoms with E-state index >= 15 is 0 Å². The Kier molecular flexibility index (Phi) is 5.81. The SMILES string of the molecule is CC1(C)C(C=C(Cl)Cl)C1C(=O)Nc1nnc(S(=O)Cc2ccccc2)s1. The zero-order valence-electron chi connectivity index (χ0n) is 14.1. The molecular weight excluding hydrogens is 413 g/mol. The summed E-state index contributed by atoms with van der Waals surface area (Å²) in [6.45, 7) is 3.96. The van der Waals surface area contributed by atoms with Gasteiger partial charge in [0.15, 0.2) is 0 Å². The highest BCUT2D eigenvalue weighted by Crippen LogP contribution is 2.60. The maximum atomic E-state index is 12.5. The van der Waals surface area contributed by atoms with Crippen LogP contribution in [0.25, 0.3) is 0 Å². The molecule has 0 aliphatic heterocycles. The highest BCUT2D eigenvalue weighted by molar-refractivity contribution is 7.86. The normalized spacial score (nSPS) is 21.7. The van der Waals surface area contributed by atoms with Gasteiger partial charge in [-0.15, -0.1) is 10.2 Å². The van der Waals surface area contributed by atoms with Crippen molar-refractivity contribution in [1.29, 1.82) is 0 Å². The summed E-state index contributed by atoms with van der Waals surface area (Å²) in [4.78, 5) is 12.5. The molecule has 3 rings (SSSR count). The van der Waals surface area contributed by atoms with Gasteiger partial charge in [-0.2, -0.15) is 0 Å². The van der Waals surface area contributed by atoms with Crippen molar-refractivity contribution in [3.63, 3.8) is 0 Å². The summed E-state index contributed by atoms with van der Waals surface area (Å²) in [7, 11) is -1.30. The van der Waals surface area contributed by atoms with E-state index in [1.807, 2.05) is 44.2 Å². The predicted octanol–water partition coefficient (Wildman–Crippen LogP) is 4.38. The Balaban J connectivity index is 1.63. The first-order valence-corrected chi connectivity index (χ1v) is 10.8. The van der Waals surface area contributed by atoms with E-state index in [4.69, 9.17) is 23.2 Å². The zero-order chi connectivity index (χ0) is 18.9. The van der Waals surface area contributed by atoms with Crippen molar-refractivity contribution in [3.05, 3.63) is 46.5 Å². The Hall–Kier alpha value is -1.28. The minimum absolute atomic E-state index is 0.0212. The second-order valence-electron chi connectivity index (χ2n) is 6.62. The molecule has 1 aromatic carbocycles. The molecule has 0 bridgehead atoms. The third kappa shape index (κ3) is 4.34. The number of carbonyl (C=O) groups is 1. The second kappa shape index (κ2) is 7.76. The van der Waals surface area contributed by atoms with E-state index in [2.05, 4.69) is 15.5 Å². The topological polar surface area (TPSA) is 72.0 Å². The fourth-order valence-corrected chi connectivity index (χ4v) is 5.24. The van der Waals surface area contributed by atoms with E-state index in [-0.39, 0.29) is 27.6 Å². The molecule has 0 radical (unpaired) electrons. The van der Waals surface area contributed by atoms with Crippen molar-refractivity contribution in [3.8, 4) is 0 Å². The molecule has 1 saturated carbocycles. The molecule has 1 fully saturated rings. The molecule has 138 valence electrons. The number of benzene rings is 1. The number of rotatable bonds is 6. The first-order valence-electron chi connectivity index (χ1n) is 7.88. The maximum Gasteiger partial charge on any atom is 0.230 e. The van der Waals surface area contributed by atoms with Crippen molar-refractivity contribution in [2.24, 2.45) is 17.3 Å². The van der Waals surface area contributed by atoms with Crippen LogP contribution in [0.2, 0.25) is 0 Å². The molecule has 1 aliphatic carbocycles. The van der Waals surface area contributed by atoms with E-state index < -0.39 is 10.8 Å². The Morgan fingerprint density at radius 3 is 2.65 bits per heavy atom. The highest BCUT2D eigenvalue weighted by Gasteiger charge is 2.60. The van der Waals surface area contributed by atoms with Crippen LogP contribution in [0.15, 0.2) is 45.2 Å². The average Bonchev–Trinajstić information content (AvgIpc) is 2.92. The Morgan fingerprint density at radius 1 is 1.31 bits per heavy atom. The molecule has 1 amide bonds. The molecular formula is C17H17Cl2N3O2S2. The smallest absolute Gasteiger partial charge is 0.230 e. The van der Waals surface area contributed by atoms with Crippen molar-refractivity contribution in [2.45, 2.75) is 23.9 Å². The lowest BCUT2D eigenvalue weighted by atomic mass is 10.1. The lowest BCUT2D eigenvalue weighted by molar-refractivity contribution is -0.118. The summed E-state index contributed by atoms with van der Waals surface area (Å²) in [5, 5.41) is 11.0. The minimum Gasteiger partial charge on any atom is -0.300 e. The van der Waals surface area contributed by atoms with Gasteiger partial charge >= 0.3 is 0 Å². The van der Waals surface area contributed by atoms with Gasteiger partial charge in [0.1, 0.15) is 4.49 Å². The molecule has 26 heavy (non-hydrogen) atoms. The summed E-state index contributed by atoms with van der Waals surface area (Å²) in [6, 6.07) is 9.52. The van der Waals surface area contributed by atoms with Crippen LogP contribution < -0.4 is 5.32 Å². The second-order valence-corrected chi connectivity index (χ2v) is 10.2. The zero-order valence-corrected chi connectivity index (χ0v) is 17.3. The van der Waals surface area contributed by atoms with E-state index in [1.165, 1.54) is 0 Å². The summed E-state index contributed by atoms with van der Waals surface area (Å²) in [6.07, 6.45) is 1.69. The van der Waals surface area contributed by atoms with Gasteiger partial charge in [-0.05, 0) is 23.0 Å². The van der Waals surface area contributed by atoms with Crippen LogP contribution in [-0.2, 0) is 21.3 Å². The van der Waals surface area contributed by atoms with E-state index in [1.54, 1.807) is 6.08 Å². The molecule has 1 aromatic heterocycles. The number of nitrogens with zero attached hydrogens (tertiary/aromatic N) is 2. The van der Waals surface area contributed by atoms with Gasteiger partial charge in [0.25, 0.3) is 0 Å². The van der Waals surface area contributed by atoms with Gasteiger partial charge in [-0.1, -0.05) is 78.7 Å². The number of halogens is 2. The Bertz CT molecular complexity index is 864. The van der Waals surface area contributed by atoms with Gasteiger partial charge in [0, 0.05) is 0 Å². The number of allylic oxidation sites excluding steroid dienone is 1. The molecule has 3 unspecified atom stereocenters. The van der Waals surface area contributed by atoms with E-state index in [9.17, 15) is 9.00 Å². The summed E-state index contributed by atoms with van der Waals surface area (Å²) < 4.78 is 13.0. The van der Waals surface area contributed by atoms with Crippen LogP contribution in [0.3, 0.4) is 0 Å². The predicted molar refractivity (Wildman–Crippen MR) is 106 cm³/mol. The quantitative estimate of drug-likeness (QED) is 0.691. The van der Waals surface area contributed by atoms with Gasteiger partial charge in [0.2, 0.25) is 15.4 Å². The van der Waals surface area contributed by atoms with Gasteiger partial charge < -0.3 is 5.32 Å². The molecule has 1 N–H and O–H groups in total. The fourth-order valence-electron chi connectivity index (χ4n) is 2.95. The number of hydrogen-bond acceptors (Lipinski definition) is 5. The molecule has 9 heteroatoms. The third-order valence-corrected chi connectivity index (χ3v) is 7.23. The van der Waals surface area contributed by atoms with Crippen molar-refractivity contribution < 1.29 is 9.00 Å². The standard InChI is InChI=1S/C17H17Cl2N3O2S2/c1-17(2)11(8-12(18)19)13(17)14(23)20-15-21-22-16(25-15)26(24)9-10-6-4-3-5-7-10/h3-8,11,13H,9H2,1-2H3,(H,20,21,23). The highest BCUT2D eigenvalue weighted by atomic mass is 35.5. The van der Waals surface area contributed by atoms with E-state index in [0.717, 1.165) is 16.9 Å². The molecule has 2 aromatic rings. The monoisotopic (exact) mass is 429 g/mol. The number of hydrogen-bond donors (Lipinski definition) is 1. The van der Waals surface area contributed by atoms with Crippen molar-refractivity contribution >= 4 is 56.4 Å². The van der Waals surface area contributed by atoms with Crippen LogP contribution in [0.1, 0.15) is 19.4 Å². The molecule has 1 heterocycles. The number of anilines is 1. The molecule has 1 aliphatic rings. The summed E-state index contributed by atoms with van der Waals surface area (Å²) >= 11 is 12.6. The van der Waals surface area contributed by atoms with Gasteiger partial charge in [-0.25, -0.2) is 0 Å². The first-order chi connectivity index (χ1) is 12.3. The molecule has 5 nitrogen and oxygen atoms in total. The number of nitrogens with one attached hydrogen (secondary N) is 1. The number of aromatic nitrogens is 2. The van der Waals surface area contributed by atoms with Crippen molar-refractivity contribution in [1.82, 2.24) is 10.2 Å².